The van der Waals surface area contributed by atoms with E-state index in [0.717, 1.165) is 5.52 Å². The summed E-state index contributed by atoms with van der Waals surface area (Å²) in [5.41, 5.74) is 1.78. The number of rotatable bonds is 6. The van der Waals surface area contributed by atoms with Gasteiger partial charge < -0.3 is 15.4 Å². The van der Waals surface area contributed by atoms with Crippen LogP contribution in [0.25, 0.3) is 16.6 Å². The maximum atomic E-state index is 13.2. The molecule has 0 radical (unpaired) electrons. The Labute approximate surface area is 167 Å². The van der Waals surface area contributed by atoms with Gasteiger partial charge in [-0.3, -0.25) is 9.69 Å². The number of nitrogens with zero attached hydrogens (tertiary/aromatic N) is 3. The zero-order valence-corrected chi connectivity index (χ0v) is 16.0. The average Bonchev–Trinajstić information content (AvgIpc) is 3.11. The number of likely N-dealkylation sites (N-methyl/N-ethyl adjacent to an activating group) is 1. The number of H-pyrrole nitrogens is 1. The van der Waals surface area contributed by atoms with E-state index in [-0.39, 0.29) is 29.6 Å². The van der Waals surface area contributed by atoms with Crippen molar-refractivity contribution in [3.05, 3.63) is 65.9 Å². The van der Waals surface area contributed by atoms with Crippen molar-refractivity contribution < 1.29 is 14.3 Å². The normalized spacial score (nSPS) is 13.1. The van der Waals surface area contributed by atoms with Crippen molar-refractivity contribution in [2.45, 2.75) is 13.0 Å². The van der Waals surface area contributed by atoms with Crippen molar-refractivity contribution in [1.82, 2.24) is 14.9 Å². The topological polar surface area (TPSA) is 105 Å². The average molecular weight is 393 g/mol. The molecule has 0 unspecified atom stereocenters. The van der Waals surface area contributed by atoms with Gasteiger partial charge in [0, 0.05) is 5.69 Å². The van der Waals surface area contributed by atoms with Crippen LogP contribution in [0.4, 0.5) is 10.1 Å². The molecule has 7 nitrogen and oxygen atoms in total. The van der Waals surface area contributed by atoms with Gasteiger partial charge >= 0.3 is 0 Å². The largest absolute Gasteiger partial charge is 0.509 e. The molecule has 1 atom stereocenters. The Morgan fingerprint density at radius 2 is 2.10 bits per heavy atom. The molecule has 0 aliphatic heterocycles. The molecule has 0 fully saturated rings. The number of hydrogen-bond donors (Lipinski definition) is 3. The number of imidazole rings is 1. The second-order valence-corrected chi connectivity index (χ2v) is 6.62. The minimum atomic E-state index is -0.629. The molecule has 0 aliphatic carbocycles. The first-order valence-electron chi connectivity index (χ1n) is 8.93. The van der Waals surface area contributed by atoms with E-state index in [1.54, 1.807) is 31.0 Å². The van der Waals surface area contributed by atoms with Gasteiger partial charge in [0.25, 0.3) is 0 Å². The zero-order valence-electron chi connectivity index (χ0n) is 16.0. The Morgan fingerprint density at radius 1 is 1.34 bits per heavy atom. The third kappa shape index (κ3) is 4.59. The molecule has 3 aromatic rings. The summed E-state index contributed by atoms with van der Waals surface area (Å²) in [6, 6.07) is 14.2. The predicted octanol–water partition coefficient (Wildman–Crippen LogP) is 3.45. The molecule has 0 saturated carbocycles. The first-order valence-corrected chi connectivity index (χ1v) is 8.93. The van der Waals surface area contributed by atoms with Crippen LogP contribution in [-0.4, -0.2) is 45.5 Å². The number of anilines is 1. The molecule has 29 heavy (non-hydrogen) atoms. The molecule has 2 aromatic carbocycles. The molecular formula is C21H20FN5O2. The van der Waals surface area contributed by atoms with E-state index >= 15 is 0 Å². The van der Waals surface area contributed by atoms with Crippen molar-refractivity contribution in [2.24, 2.45) is 0 Å². The van der Waals surface area contributed by atoms with E-state index in [0.29, 0.717) is 11.2 Å². The molecule has 0 spiro atoms. The van der Waals surface area contributed by atoms with E-state index in [2.05, 4.69) is 15.3 Å². The second-order valence-electron chi connectivity index (χ2n) is 6.62. The molecule has 8 heteroatoms. The van der Waals surface area contributed by atoms with Gasteiger partial charge in [0.15, 0.2) is 5.82 Å². The van der Waals surface area contributed by atoms with Gasteiger partial charge in [-0.05, 0) is 44.3 Å². The number of carbonyl (C=O) groups is 1. The lowest BCUT2D eigenvalue weighted by Crippen LogP contribution is -2.37. The van der Waals surface area contributed by atoms with E-state index in [4.69, 9.17) is 0 Å². The molecule has 3 N–H and O–H groups in total. The van der Waals surface area contributed by atoms with Crippen LogP contribution >= 0.6 is 0 Å². The number of allylic oxidation sites excluding steroid dienone is 1. The number of aliphatic hydroxyl groups is 1. The van der Waals surface area contributed by atoms with Crippen molar-refractivity contribution in [3.8, 4) is 6.07 Å². The predicted molar refractivity (Wildman–Crippen MR) is 108 cm³/mol. The lowest BCUT2D eigenvalue weighted by molar-refractivity contribution is -0.117. The minimum absolute atomic E-state index is 0.00564. The highest BCUT2D eigenvalue weighted by atomic mass is 19.1. The molecule has 1 heterocycles. The third-order valence-electron chi connectivity index (χ3n) is 4.55. The fraction of sp³-hybridized carbons (Fsp3) is 0.190. The summed E-state index contributed by atoms with van der Waals surface area (Å²) in [5.74, 6) is -0.766. The number of amides is 1. The number of fused-ring (bicyclic) bond motifs is 1. The molecule has 0 bridgehead atoms. The molecule has 1 aromatic heterocycles. The van der Waals surface area contributed by atoms with Gasteiger partial charge in [-0.2, -0.15) is 5.26 Å². The summed E-state index contributed by atoms with van der Waals surface area (Å²) < 4.78 is 13.2. The fourth-order valence-electron chi connectivity index (χ4n) is 2.85. The highest BCUT2D eigenvalue weighted by Crippen LogP contribution is 2.21. The maximum Gasteiger partial charge on any atom is 0.238 e. The number of hydrogen-bond acceptors (Lipinski definition) is 5. The lowest BCUT2D eigenvalue weighted by Gasteiger charge is -2.24. The van der Waals surface area contributed by atoms with Crippen LogP contribution in [0.2, 0.25) is 0 Å². The van der Waals surface area contributed by atoms with Gasteiger partial charge in [0.1, 0.15) is 23.2 Å². The monoisotopic (exact) mass is 393 g/mol. The third-order valence-corrected chi connectivity index (χ3v) is 4.55. The molecule has 1 amide bonds. The van der Waals surface area contributed by atoms with Crippen LogP contribution in [-0.2, 0) is 4.79 Å². The van der Waals surface area contributed by atoms with E-state index in [1.165, 1.54) is 18.2 Å². The van der Waals surface area contributed by atoms with Crippen LogP contribution in [0.5, 0.6) is 0 Å². The number of benzene rings is 2. The Hall–Kier alpha value is -3.70. The summed E-state index contributed by atoms with van der Waals surface area (Å²) in [5, 5.41) is 22.8. The Bertz CT molecular complexity index is 1080. The van der Waals surface area contributed by atoms with Crippen LogP contribution in [0.15, 0.2) is 54.3 Å². The smallest absolute Gasteiger partial charge is 0.238 e. The zero-order chi connectivity index (χ0) is 21.0. The molecule has 3 rings (SSSR count). The first-order chi connectivity index (χ1) is 13.9. The number of halogens is 1. The molecule has 148 valence electrons. The van der Waals surface area contributed by atoms with Crippen molar-refractivity contribution in [1.29, 1.82) is 5.26 Å². The Kier molecular flexibility index (Phi) is 5.90. The molecule has 0 aliphatic rings. The summed E-state index contributed by atoms with van der Waals surface area (Å²) in [6.07, 6.45) is 0. The molecular weight excluding hydrogens is 373 g/mol. The number of aliphatic hydroxyl groups excluding tert-OH is 1. The van der Waals surface area contributed by atoms with Crippen LogP contribution in [0.3, 0.4) is 0 Å². The van der Waals surface area contributed by atoms with Crippen LogP contribution in [0, 0.1) is 17.1 Å². The highest BCUT2D eigenvalue weighted by Gasteiger charge is 2.22. The van der Waals surface area contributed by atoms with Gasteiger partial charge in [0.2, 0.25) is 5.91 Å². The van der Waals surface area contributed by atoms with E-state index < -0.39 is 11.9 Å². The Balaban J connectivity index is 1.75. The van der Waals surface area contributed by atoms with Gasteiger partial charge in [0.05, 0.1) is 23.6 Å². The van der Waals surface area contributed by atoms with Crippen molar-refractivity contribution >= 4 is 28.2 Å². The number of nitriles is 1. The number of aromatic nitrogens is 2. The SMILES string of the molecule is C[C@@H](/C(O)=C(\C#N)c1nc2ccccc2[nH]1)N(C)CC(=O)Nc1cccc(F)c1. The summed E-state index contributed by atoms with van der Waals surface area (Å²) in [7, 11) is 1.64. The number of carbonyl (C=O) groups excluding carboxylic acids is 1. The summed E-state index contributed by atoms with van der Waals surface area (Å²) in [4.78, 5) is 21.2. The van der Waals surface area contributed by atoms with Crippen molar-refractivity contribution in [2.75, 3.05) is 18.9 Å². The first kappa shape index (κ1) is 20.0. The number of para-hydroxylation sites is 2. The second kappa shape index (κ2) is 8.54. The van der Waals surface area contributed by atoms with Crippen LogP contribution < -0.4 is 5.32 Å². The van der Waals surface area contributed by atoms with Gasteiger partial charge in [-0.15, -0.1) is 0 Å². The summed E-state index contributed by atoms with van der Waals surface area (Å²) in [6.45, 7) is 1.60. The number of nitrogens with one attached hydrogen (secondary N) is 2. The fourth-order valence-corrected chi connectivity index (χ4v) is 2.85. The van der Waals surface area contributed by atoms with Gasteiger partial charge in [-0.1, -0.05) is 18.2 Å². The Morgan fingerprint density at radius 3 is 2.79 bits per heavy atom. The molecule has 0 saturated heterocycles. The van der Waals surface area contributed by atoms with E-state index in [1.807, 2.05) is 24.3 Å². The van der Waals surface area contributed by atoms with E-state index in [9.17, 15) is 19.6 Å². The number of aromatic amines is 1. The maximum absolute atomic E-state index is 13.2. The van der Waals surface area contributed by atoms with Gasteiger partial charge in [-0.25, -0.2) is 9.37 Å². The minimum Gasteiger partial charge on any atom is -0.509 e. The highest BCUT2D eigenvalue weighted by molar-refractivity contribution is 5.92. The lowest BCUT2D eigenvalue weighted by atomic mass is 10.1. The summed E-state index contributed by atoms with van der Waals surface area (Å²) >= 11 is 0. The quantitative estimate of drug-likeness (QED) is 0.439. The van der Waals surface area contributed by atoms with Crippen LogP contribution in [0.1, 0.15) is 12.7 Å². The van der Waals surface area contributed by atoms with Crippen molar-refractivity contribution in [3.63, 3.8) is 0 Å². The standard InChI is InChI=1S/C21H20FN5O2/c1-13(27(2)12-19(28)24-15-7-5-6-14(22)10-15)20(29)16(11-23)21-25-17-8-3-4-9-18(17)26-21/h3-10,13,29H,12H2,1-2H3,(H,24,28)(H,25,26)/b20-16-/t13-/m0/s1.